The van der Waals surface area contributed by atoms with Gasteiger partial charge in [0.25, 0.3) is 0 Å². The minimum Gasteiger partial charge on any atom is -0.342 e. The van der Waals surface area contributed by atoms with Gasteiger partial charge in [-0.3, -0.25) is 9.59 Å². The molecule has 1 unspecified atom stereocenters. The molecule has 4 heteroatoms. The molecule has 1 aliphatic heterocycles. The zero-order valence-corrected chi connectivity index (χ0v) is 12.4. The molecule has 0 aromatic rings. The molecule has 1 atom stereocenters. The summed E-state index contributed by atoms with van der Waals surface area (Å²) in [5, 5.41) is 2.91. The Morgan fingerprint density at radius 2 is 1.84 bits per heavy atom. The Morgan fingerprint density at radius 3 is 2.32 bits per heavy atom. The highest BCUT2D eigenvalue weighted by Gasteiger charge is 2.49. The second kappa shape index (κ2) is 5.51. The molecule has 1 saturated carbocycles. The van der Waals surface area contributed by atoms with Crippen molar-refractivity contribution in [3.05, 3.63) is 0 Å². The van der Waals surface area contributed by atoms with E-state index in [9.17, 15) is 9.59 Å². The fourth-order valence-electron chi connectivity index (χ4n) is 3.15. The van der Waals surface area contributed by atoms with Crippen molar-refractivity contribution in [3.63, 3.8) is 0 Å². The predicted octanol–water partition coefficient (Wildman–Crippen LogP) is 2.08. The first-order valence-corrected chi connectivity index (χ1v) is 7.71. The molecule has 1 saturated heterocycles. The van der Waals surface area contributed by atoms with E-state index in [0.717, 1.165) is 18.9 Å². The van der Waals surface area contributed by atoms with Gasteiger partial charge in [-0.25, -0.2) is 0 Å². The number of nitrogens with zero attached hydrogens (tertiary/aromatic N) is 1. The Morgan fingerprint density at radius 1 is 1.21 bits per heavy atom. The lowest BCUT2D eigenvalue weighted by molar-refractivity contribution is -0.158. The third-order valence-corrected chi connectivity index (χ3v) is 4.84. The molecule has 2 aliphatic rings. The molecule has 0 aromatic heterocycles. The molecule has 1 N–H and O–H groups in total. The van der Waals surface area contributed by atoms with Crippen LogP contribution in [0, 0.1) is 5.92 Å². The van der Waals surface area contributed by atoms with Crippen molar-refractivity contribution in [3.8, 4) is 0 Å². The van der Waals surface area contributed by atoms with Crippen LogP contribution >= 0.6 is 0 Å². The topological polar surface area (TPSA) is 49.4 Å². The number of piperazine rings is 1. The molecule has 0 radical (unpaired) electrons. The van der Waals surface area contributed by atoms with E-state index in [4.69, 9.17) is 0 Å². The molecule has 1 heterocycles. The number of rotatable bonds is 6. The molecule has 2 rings (SSSR count). The van der Waals surface area contributed by atoms with Gasteiger partial charge >= 0.3 is 0 Å². The number of carbonyl (C=O) groups excluding carboxylic acids is 2. The van der Waals surface area contributed by atoms with E-state index in [2.05, 4.69) is 5.32 Å². The molecular formula is C15H26N2O2. The van der Waals surface area contributed by atoms with Crippen LogP contribution in [0.25, 0.3) is 0 Å². The van der Waals surface area contributed by atoms with Crippen molar-refractivity contribution in [1.29, 1.82) is 0 Å². The van der Waals surface area contributed by atoms with Crippen molar-refractivity contribution in [1.82, 2.24) is 10.2 Å². The summed E-state index contributed by atoms with van der Waals surface area (Å²) >= 11 is 0. The Bertz CT molecular complexity index is 359. The van der Waals surface area contributed by atoms with E-state index in [1.165, 1.54) is 12.8 Å². The lowest BCUT2D eigenvalue weighted by Gasteiger charge is -2.47. The summed E-state index contributed by atoms with van der Waals surface area (Å²) in [7, 11) is 0. The lowest BCUT2D eigenvalue weighted by Crippen LogP contribution is -2.70. The van der Waals surface area contributed by atoms with Crippen LogP contribution in [-0.2, 0) is 9.59 Å². The van der Waals surface area contributed by atoms with Crippen LogP contribution in [0.2, 0.25) is 0 Å². The fraction of sp³-hybridized carbons (Fsp3) is 0.867. The van der Waals surface area contributed by atoms with Crippen molar-refractivity contribution in [2.45, 2.75) is 70.9 Å². The summed E-state index contributed by atoms with van der Waals surface area (Å²) in [4.78, 5) is 26.9. The number of hydrogen-bond acceptors (Lipinski definition) is 2. The van der Waals surface area contributed by atoms with Crippen LogP contribution < -0.4 is 5.32 Å². The summed E-state index contributed by atoms with van der Waals surface area (Å²) in [6, 6.07) is -0.321. The van der Waals surface area contributed by atoms with Gasteiger partial charge in [-0.1, -0.05) is 33.6 Å². The van der Waals surface area contributed by atoms with E-state index in [1.54, 1.807) is 0 Å². The molecule has 0 bridgehead atoms. The smallest absolute Gasteiger partial charge is 0.246 e. The first-order valence-electron chi connectivity index (χ1n) is 7.71. The van der Waals surface area contributed by atoms with E-state index in [0.29, 0.717) is 19.3 Å². The molecule has 4 nitrogen and oxygen atoms in total. The van der Waals surface area contributed by atoms with Gasteiger partial charge in [-0.2, -0.15) is 0 Å². The molecular weight excluding hydrogens is 240 g/mol. The highest BCUT2D eigenvalue weighted by Crippen LogP contribution is 2.35. The SMILES string of the molecule is CCC1NC(=O)C(CC)(CC)N(CCC2CC2)C1=O. The van der Waals surface area contributed by atoms with Crippen LogP contribution in [0.5, 0.6) is 0 Å². The molecule has 0 aromatic carbocycles. The average molecular weight is 266 g/mol. The third kappa shape index (κ3) is 2.49. The van der Waals surface area contributed by atoms with E-state index in [1.807, 2.05) is 25.7 Å². The van der Waals surface area contributed by atoms with E-state index < -0.39 is 5.54 Å². The Labute approximate surface area is 115 Å². The van der Waals surface area contributed by atoms with Crippen LogP contribution in [0.3, 0.4) is 0 Å². The van der Waals surface area contributed by atoms with Gasteiger partial charge in [0.15, 0.2) is 0 Å². The first kappa shape index (κ1) is 14.4. The van der Waals surface area contributed by atoms with Gasteiger partial charge in [-0.15, -0.1) is 0 Å². The lowest BCUT2D eigenvalue weighted by atomic mass is 9.85. The number of carbonyl (C=O) groups is 2. The van der Waals surface area contributed by atoms with Crippen LogP contribution in [0.4, 0.5) is 0 Å². The van der Waals surface area contributed by atoms with Gasteiger partial charge in [-0.05, 0) is 31.6 Å². The third-order valence-electron chi connectivity index (χ3n) is 4.84. The highest BCUT2D eigenvalue weighted by atomic mass is 16.2. The highest BCUT2D eigenvalue weighted by molar-refractivity contribution is 5.99. The fourth-order valence-corrected chi connectivity index (χ4v) is 3.15. The second-order valence-electron chi connectivity index (χ2n) is 5.89. The van der Waals surface area contributed by atoms with Crippen LogP contribution in [-0.4, -0.2) is 34.8 Å². The standard InChI is InChI=1S/C15H26N2O2/c1-4-12-13(18)17(10-9-11-7-8-11)15(5-2,6-3)14(19)16-12/h11-12H,4-10H2,1-3H3,(H,16,19). The van der Waals surface area contributed by atoms with Crippen LogP contribution in [0.15, 0.2) is 0 Å². The molecule has 2 amide bonds. The summed E-state index contributed by atoms with van der Waals surface area (Å²) < 4.78 is 0. The maximum absolute atomic E-state index is 12.6. The van der Waals surface area contributed by atoms with Crippen molar-refractivity contribution in [2.24, 2.45) is 5.92 Å². The van der Waals surface area contributed by atoms with E-state index in [-0.39, 0.29) is 17.9 Å². The zero-order valence-electron chi connectivity index (χ0n) is 12.4. The molecule has 1 aliphatic carbocycles. The number of hydrogen-bond donors (Lipinski definition) is 1. The van der Waals surface area contributed by atoms with Gasteiger partial charge < -0.3 is 10.2 Å². The van der Waals surface area contributed by atoms with Gasteiger partial charge in [0.1, 0.15) is 11.6 Å². The minimum absolute atomic E-state index is 0.0414. The van der Waals surface area contributed by atoms with Gasteiger partial charge in [0.2, 0.25) is 11.8 Å². The van der Waals surface area contributed by atoms with Crippen molar-refractivity contribution >= 4 is 11.8 Å². The molecule has 0 spiro atoms. The maximum atomic E-state index is 12.6. The zero-order chi connectivity index (χ0) is 14.0. The summed E-state index contributed by atoms with van der Waals surface area (Å²) in [6.07, 6.45) is 5.70. The second-order valence-corrected chi connectivity index (χ2v) is 5.89. The molecule has 108 valence electrons. The quantitative estimate of drug-likeness (QED) is 0.800. The molecule has 2 fully saturated rings. The van der Waals surface area contributed by atoms with Crippen LogP contribution in [0.1, 0.15) is 59.3 Å². The maximum Gasteiger partial charge on any atom is 0.246 e. The Balaban J connectivity index is 2.21. The number of amides is 2. The normalized spacial score (nSPS) is 26.5. The van der Waals surface area contributed by atoms with E-state index >= 15 is 0 Å². The molecule has 19 heavy (non-hydrogen) atoms. The largest absolute Gasteiger partial charge is 0.342 e. The Kier molecular flexibility index (Phi) is 4.16. The first-order chi connectivity index (χ1) is 9.08. The van der Waals surface area contributed by atoms with Crippen molar-refractivity contribution in [2.75, 3.05) is 6.54 Å². The monoisotopic (exact) mass is 266 g/mol. The summed E-state index contributed by atoms with van der Waals surface area (Å²) in [5.74, 6) is 0.940. The number of nitrogens with one attached hydrogen (secondary N) is 1. The Hall–Kier alpha value is -1.06. The average Bonchev–Trinajstić information content (AvgIpc) is 3.23. The van der Waals surface area contributed by atoms with Crippen molar-refractivity contribution < 1.29 is 9.59 Å². The minimum atomic E-state index is -0.613. The van der Waals surface area contributed by atoms with Gasteiger partial charge in [0, 0.05) is 6.54 Å². The predicted molar refractivity (Wildman–Crippen MR) is 74.6 cm³/mol. The summed E-state index contributed by atoms with van der Waals surface area (Å²) in [5.41, 5.74) is -0.613. The van der Waals surface area contributed by atoms with Gasteiger partial charge in [0.05, 0.1) is 0 Å². The summed E-state index contributed by atoms with van der Waals surface area (Å²) in [6.45, 7) is 6.71.